The molecule has 51 heavy (non-hydrogen) atoms. The average Bonchev–Trinajstić information content (AvgIpc) is 3.57. The second kappa shape index (κ2) is 16.2. The van der Waals surface area contributed by atoms with E-state index in [1.807, 2.05) is 13.8 Å². The number of ether oxygens (including phenoxy) is 7. The van der Waals surface area contributed by atoms with E-state index in [0.29, 0.717) is 36.1 Å². The van der Waals surface area contributed by atoms with Crippen molar-refractivity contribution in [2.75, 3.05) is 41.8 Å². The van der Waals surface area contributed by atoms with Crippen LogP contribution in [0.15, 0.2) is 60.7 Å². The summed E-state index contributed by atoms with van der Waals surface area (Å²) >= 11 is 0. The fraction of sp³-hybridized carbons (Fsp3) is 0.421. The molecule has 0 radical (unpaired) electrons. The van der Waals surface area contributed by atoms with E-state index in [1.54, 1.807) is 54.6 Å². The van der Waals surface area contributed by atoms with Gasteiger partial charge in [0.25, 0.3) is 0 Å². The van der Waals surface area contributed by atoms with E-state index in [4.69, 9.17) is 33.2 Å². The zero-order chi connectivity index (χ0) is 36.7. The highest BCUT2D eigenvalue weighted by Crippen LogP contribution is 2.56. The zero-order valence-corrected chi connectivity index (χ0v) is 29.6. The molecule has 5 rings (SSSR count). The monoisotopic (exact) mass is 704 g/mol. The average molecular weight is 705 g/mol. The number of benzene rings is 3. The smallest absolute Gasteiger partial charge is 0.355 e. The molecule has 13 nitrogen and oxygen atoms in total. The summed E-state index contributed by atoms with van der Waals surface area (Å²) in [6.45, 7) is 3.89. The molecule has 0 unspecified atom stereocenters. The number of rotatable bonds is 14. The van der Waals surface area contributed by atoms with E-state index in [1.165, 1.54) is 34.5 Å². The van der Waals surface area contributed by atoms with Crippen molar-refractivity contribution >= 4 is 23.6 Å². The largest absolute Gasteiger partial charge is 0.497 e. The van der Waals surface area contributed by atoms with Gasteiger partial charge in [0.2, 0.25) is 30.0 Å². The first kappa shape index (κ1) is 37.0. The number of esters is 1. The number of nitrogens with one attached hydrogen (secondary N) is 2. The number of carbonyl (C=O) groups excluding carboxylic acids is 4. The van der Waals surface area contributed by atoms with Gasteiger partial charge in [-0.25, -0.2) is 4.79 Å². The molecule has 0 aliphatic carbocycles. The van der Waals surface area contributed by atoms with Crippen LogP contribution in [0.4, 0.5) is 0 Å². The molecule has 0 saturated heterocycles. The number of fused-ring (bicyclic) bond motifs is 2. The molecule has 2 amide bonds. The van der Waals surface area contributed by atoms with Gasteiger partial charge in [-0.05, 0) is 36.5 Å². The van der Waals surface area contributed by atoms with Crippen molar-refractivity contribution < 1.29 is 52.3 Å². The maximum Gasteiger partial charge on any atom is 0.355 e. The van der Waals surface area contributed by atoms with E-state index < -0.39 is 41.3 Å². The summed E-state index contributed by atoms with van der Waals surface area (Å²) in [5, 5.41) is 5.76. The molecule has 13 heteroatoms. The van der Waals surface area contributed by atoms with Crippen molar-refractivity contribution in [3.05, 3.63) is 77.4 Å². The molecular weight excluding hydrogens is 660 g/mol. The third kappa shape index (κ3) is 7.43. The quantitative estimate of drug-likeness (QED) is 0.105. The van der Waals surface area contributed by atoms with E-state index >= 15 is 4.79 Å². The first-order chi connectivity index (χ1) is 24.6. The number of hydrogen-bond acceptors (Lipinski definition) is 11. The van der Waals surface area contributed by atoms with Crippen LogP contribution in [0.5, 0.6) is 28.7 Å². The van der Waals surface area contributed by atoms with Gasteiger partial charge in [-0.1, -0.05) is 56.3 Å². The van der Waals surface area contributed by atoms with Crippen LogP contribution in [0, 0.1) is 11.8 Å². The first-order valence-electron chi connectivity index (χ1n) is 16.7. The van der Waals surface area contributed by atoms with Crippen LogP contribution < -0.4 is 34.3 Å². The number of ketones is 1. The highest BCUT2D eigenvalue weighted by atomic mass is 16.7. The molecule has 272 valence electrons. The molecule has 2 heterocycles. The summed E-state index contributed by atoms with van der Waals surface area (Å²) in [6.07, 6.45) is 0.576. The number of amides is 2. The fourth-order valence-corrected chi connectivity index (χ4v) is 6.62. The normalized spacial score (nSPS) is 19.6. The lowest BCUT2D eigenvalue weighted by Gasteiger charge is -2.40. The van der Waals surface area contributed by atoms with Gasteiger partial charge in [0.05, 0.1) is 27.2 Å². The molecule has 2 aliphatic heterocycles. The summed E-state index contributed by atoms with van der Waals surface area (Å²) in [4.78, 5) is 56.4. The minimum atomic E-state index is -2.09. The van der Waals surface area contributed by atoms with Crippen molar-refractivity contribution in [3.63, 3.8) is 0 Å². The Hall–Kier alpha value is -5.30. The lowest BCUT2D eigenvalue weighted by atomic mass is 9.68. The van der Waals surface area contributed by atoms with Gasteiger partial charge in [-0.3, -0.25) is 14.4 Å². The van der Waals surface area contributed by atoms with Crippen LogP contribution >= 0.6 is 0 Å². The first-order valence-corrected chi connectivity index (χ1v) is 16.7. The minimum absolute atomic E-state index is 0.00471. The van der Waals surface area contributed by atoms with Crippen LogP contribution in [0.3, 0.4) is 0 Å². The van der Waals surface area contributed by atoms with Crippen molar-refractivity contribution in [3.8, 4) is 28.7 Å². The van der Waals surface area contributed by atoms with Gasteiger partial charge in [-0.15, -0.1) is 0 Å². The summed E-state index contributed by atoms with van der Waals surface area (Å²) in [5.74, 6) is -4.08. The highest BCUT2D eigenvalue weighted by Gasteiger charge is 2.61. The van der Waals surface area contributed by atoms with Gasteiger partial charge in [-0.2, -0.15) is 0 Å². The van der Waals surface area contributed by atoms with E-state index in [2.05, 4.69) is 10.6 Å². The highest BCUT2D eigenvalue weighted by molar-refractivity contribution is 6.15. The van der Waals surface area contributed by atoms with Crippen LogP contribution in [0.2, 0.25) is 0 Å². The molecule has 2 aliphatic rings. The molecule has 3 aromatic carbocycles. The zero-order valence-electron chi connectivity index (χ0n) is 29.6. The Bertz CT molecular complexity index is 1730. The number of Topliss-reactive ketones (excluding diaryl/α,β-unsaturated/α-hetero) is 1. The maximum atomic E-state index is 15.0. The Morgan fingerprint density at radius 1 is 0.941 bits per heavy atom. The van der Waals surface area contributed by atoms with Gasteiger partial charge in [0, 0.05) is 31.7 Å². The second-order valence-electron chi connectivity index (χ2n) is 12.6. The predicted molar refractivity (Wildman–Crippen MR) is 184 cm³/mol. The molecule has 0 bridgehead atoms. The molecule has 4 atom stereocenters. The molecule has 0 aromatic heterocycles. The summed E-state index contributed by atoms with van der Waals surface area (Å²) in [5.41, 5.74) is -1.41. The number of methoxy groups -OCH3 is 4. The van der Waals surface area contributed by atoms with Crippen molar-refractivity contribution in [1.82, 2.24) is 10.6 Å². The van der Waals surface area contributed by atoms with Crippen LogP contribution in [-0.4, -0.2) is 71.6 Å². The topological polar surface area (TPSA) is 157 Å². The molecular formula is C38H44N2O11. The number of hydrogen-bond donors (Lipinski definition) is 2. The van der Waals surface area contributed by atoms with Crippen molar-refractivity contribution in [2.45, 2.75) is 50.9 Å². The fourth-order valence-electron chi connectivity index (χ4n) is 6.62. The SMILES string of the molecule is COC(=O)[C@@]1(c2ccc(OC)cc2)Oc2cc3c(c(OC)c2C(=O)[C@@H](C(=O)NCCC[C@H](NC(=O)CC(C)C)OC)[C@H]1c1ccccc1)OCO3. The van der Waals surface area contributed by atoms with Gasteiger partial charge >= 0.3 is 5.97 Å². The van der Waals surface area contributed by atoms with Crippen LogP contribution in [-0.2, 0) is 29.5 Å². The minimum Gasteiger partial charge on any atom is -0.497 e. The Kier molecular flexibility index (Phi) is 11.7. The summed E-state index contributed by atoms with van der Waals surface area (Å²) < 4.78 is 40.1. The molecule has 0 spiro atoms. The summed E-state index contributed by atoms with van der Waals surface area (Å²) in [7, 11) is 5.59. The van der Waals surface area contributed by atoms with E-state index in [-0.39, 0.29) is 53.7 Å². The Labute approximate surface area is 296 Å². The lowest BCUT2D eigenvalue weighted by molar-refractivity contribution is -0.164. The van der Waals surface area contributed by atoms with Crippen molar-refractivity contribution in [2.24, 2.45) is 11.8 Å². The summed E-state index contributed by atoms with van der Waals surface area (Å²) in [6, 6.07) is 16.8. The lowest BCUT2D eigenvalue weighted by Crippen LogP contribution is -2.53. The predicted octanol–water partition coefficient (Wildman–Crippen LogP) is 4.51. The maximum absolute atomic E-state index is 15.0. The van der Waals surface area contributed by atoms with E-state index in [9.17, 15) is 14.4 Å². The van der Waals surface area contributed by atoms with Crippen LogP contribution in [0.25, 0.3) is 0 Å². The van der Waals surface area contributed by atoms with E-state index in [0.717, 1.165) is 0 Å². The third-order valence-corrected chi connectivity index (χ3v) is 8.95. The van der Waals surface area contributed by atoms with Crippen molar-refractivity contribution in [1.29, 1.82) is 0 Å². The molecule has 2 N–H and O–H groups in total. The molecule has 0 saturated carbocycles. The third-order valence-electron chi connectivity index (χ3n) is 8.95. The van der Waals surface area contributed by atoms with Crippen LogP contribution in [0.1, 0.15) is 60.5 Å². The van der Waals surface area contributed by atoms with Gasteiger partial charge < -0.3 is 43.8 Å². The number of carbonyl (C=O) groups is 4. The standard InChI is InChI=1S/C38H44N2O11/c1-22(2)19-28(41)40-29(46-4)13-10-18-39-36(43)31-32(23-11-8-7-9-12-23)38(37(44)48-6,24-14-16-25(45-3)17-15-24)51-26-20-27-34(50-21-49-27)35(47-5)30(26)33(31)42/h7-9,11-12,14-17,20,22,29,31-32H,10,13,18-19,21H2,1-6H3,(H,39,43)(H,40,41)/t29-,31+,32-,38+/m1/s1. The van der Waals surface area contributed by atoms with Gasteiger partial charge in [0.15, 0.2) is 17.3 Å². The molecule has 0 fully saturated rings. The Morgan fingerprint density at radius 2 is 1.67 bits per heavy atom. The second-order valence-corrected chi connectivity index (χ2v) is 12.6. The van der Waals surface area contributed by atoms with Gasteiger partial charge in [0.1, 0.15) is 29.2 Å². The molecule has 3 aromatic rings. The Morgan fingerprint density at radius 3 is 2.29 bits per heavy atom. The Balaban J connectivity index is 1.63.